The van der Waals surface area contributed by atoms with E-state index in [2.05, 4.69) is 15.2 Å². The molecule has 2 heterocycles. The summed E-state index contributed by atoms with van der Waals surface area (Å²) in [6.45, 7) is 2.88. The van der Waals surface area contributed by atoms with E-state index >= 15 is 0 Å². The molecule has 0 radical (unpaired) electrons. The normalized spacial score (nSPS) is 20.5. The number of nitrogens with zero attached hydrogens (tertiary/aromatic N) is 3. The van der Waals surface area contributed by atoms with Crippen LogP contribution in [0.4, 0.5) is 10.1 Å². The Morgan fingerprint density at radius 3 is 3.24 bits per heavy atom. The fraction of sp³-hybridized carbons (Fsp3) is 0.700. The molecule has 7 heteroatoms. The van der Waals surface area contributed by atoms with Crippen molar-refractivity contribution in [1.29, 1.82) is 0 Å². The van der Waals surface area contributed by atoms with E-state index in [0.29, 0.717) is 5.92 Å². The van der Waals surface area contributed by atoms with Gasteiger partial charge in [-0.25, -0.2) is 4.98 Å². The van der Waals surface area contributed by atoms with E-state index in [4.69, 9.17) is 0 Å². The van der Waals surface area contributed by atoms with Crippen molar-refractivity contribution in [3.05, 3.63) is 16.3 Å². The Labute approximate surface area is 104 Å². The minimum absolute atomic E-state index is 0.121. The molecular formula is C10H16N4O2S. The highest BCUT2D eigenvalue weighted by Gasteiger charge is 2.23. The molecule has 0 aliphatic carbocycles. The standard InChI is InChI=1S/C10H16N4O2S/c1-11-5-8-3-2-4-13(7-8)10-12-6-9(17-10)14(15)16/h6,8,11H,2-5,7H2,1H3. The van der Waals surface area contributed by atoms with Crippen molar-refractivity contribution >= 4 is 21.5 Å². The number of hydrogen-bond acceptors (Lipinski definition) is 6. The number of piperidine rings is 1. The SMILES string of the molecule is CNCC1CCCN(c2ncc([N+](=O)[O-])s2)C1. The molecule has 0 spiro atoms. The molecule has 17 heavy (non-hydrogen) atoms. The van der Waals surface area contributed by atoms with Crippen LogP contribution in [0.1, 0.15) is 12.8 Å². The van der Waals surface area contributed by atoms with Gasteiger partial charge in [0.1, 0.15) is 6.20 Å². The Morgan fingerprint density at radius 2 is 2.59 bits per heavy atom. The molecule has 1 atom stereocenters. The minimum atomic E-state index is -0.379. The van der Waals surface area contributed by atoms with E-state index in [0.717, 1.165) is 42.5 Å². The lowest BCUT2D eigenvalue weighted by Crippen LogP contribution is -2.38. The molecule has 0 saturated carbocycles. The molecule has 1 aliphatic rings. The van der Waals surface area contributed by atoms with Crippen molar-refractivity contribution in [2.75, 3.05) is 31.6 Å². The second-order valence-corrected chi connectivity index (χ2v) is 5.24. The molecule has 0 aromatic carbocycles. The summed E-state index contributed by atoms with van der Waals surface area (Å²) in [5.74, 6) is 0.608. The maximum Gasteiger partial charge on any atom is 0.345 e. The first-order chi connectivity index (χ1) is 8.20. The monoisotopic (exact) mass is 256 g/mol. The Kier molecular flexibility index (Phi) is 3.90. The summed E-state index contributed by atoms with van der Waals surface area (Å²) < 4.78 is 0. The van der Waals surface area contributed by atoms with Crippen LogP contribution in [0.2, 0.25) is 0 Å². The van der Waals surface area contributed by atoms with Crippen LogP contribution in [-0.4, -0.2) is 36.6 Å². The van der Waals surface area contributed by atoms with Crippen molar-refractivity contribution < 1.29 is 4.92 Å². The van der Waals surface area contributed by atoms with Crippen LogP contribution in [0.25, 0.3) is 0 Å². The molecule has 1 N–H and O–H groups in total. The molecule has 94 valence electrons. The van der Waals surface area contributed by atoms with E-state index < -0.39 is 0 Å². The number of rotatable bonds is 4. The average Bonchev–Trinajstić information content (AvgIpc) is 2.79. The van der Waals surface area contributed by atoms with E-state index in [-0.39, 0.29) is 9.92 Å². The summed E-state index contributed by atoms with van der Waals surface area (Å²) in [7, 11) is 1.95. The zero-order chi connectivity index (χ0) is 12.3. The lowest BCUT2D eigenvalue weighted by Gasteiger charge is -2.32. The minimum Gasteiger partial charge on any atom is -0.348 e. The van der Waals surface area contributed by atoms with E-state index in [1.54, 1.807) is 0 Å². The van der Waals surface area contributed by atoms with Gasteiger partial charge in [-0.05, 0) is 43.7 Å². The molecular weight excluding hydrogens is 240 g/mol. The maximum absolute atomic E-state index is 10.6. The van der Waals surface area contributed by atoms with Crippen molar-refractivity contribution in [3.63, 3.8) is 0 Å². The first-order valence-electron chi connectivity index (χ1n) is 5.70. The third kappa shape index (κ3) is 2.92. The third-order valence-corrected chi connectivity index (χ3v) is 3.95. The maximum atomic E-state index is 10.6. The van der Waals surface area contributed by atoms with Crippen molar-refractivity contribution in [2.24, 2.45) is 5.92 Å². The number of nitro groups is 1. The van der Waals surface area contributed by atoms with Crippen LogP contribution < -0.4 is 10.2 Å². The highest BCUT2D eigenvalue weighted by Crippen LogP contribution is 2.30. The lowest BCUT2D eigenvalue weighted by atomic mass is 9.98. The van der Waals surface area contributed by atoms with Gasteiger partial charge in [-0.3, -0.25) is 10.1 Å². The zero-order valence-electron chi connectivity index (χ0n) is 9.76. The number of anilines is 1. The van der Waals surface area contributed by atoms with Gasteiger partial charge in [0.15, 0.2) is 5.13 Å². The van der Waals surface area contributed by atoms with Gasteiger partial charge in [-0.2, -0.15) is 0 Å². The molecule has 1 saturated heterocycles. The smallest absolute Gasteiger partial charge is 0.345 e. The van der Waals surface area contributed by atoms with E-state index in [1.165, 1.54) is 12.6 Å². The van der Waals surface area contributed by atoms with Gasteiger partial charge in [0, 0.05) is 13.1 Å². The number of nitrogens with one attached hydrogen (secondary N) is 1. The van der Waals surface area contributed by atoms with Crippen LogP contribution in [0, 0.1) is 16.0 Å². The first kappa shape index (κ1) is 12.3. The van der Waals surface area contributed by atoms with Crippen LogP contribution in [-0.2, 0) is 0 Å². The summed E-state index contributed by atoms with van der Waals surface area (Å²) in [4.78, 5) is 16.5. The van der Waals surface area contributed by atoms with Gasteiger partial charge in [-0.1, -0.05) is 0 Å². The predicted molar refractivity (Wildman–Crippen MR) is 67.6 cm³/mol. The highest BCUT2D eigenvalue weighted by atomic mass is 32.1. The Bertz CT molecular complexity index is 393. The fourth-order valence-electron chi connectivity index (χ4n) is 2.18. The van der Waals surface area contributed by atoms with Gasteiger partial charge in [-0.15, -0.1) is 0 Å². The number of thiazole rings is 1. The van der Waals surface area contributed by atoms with Crippen LogP contribution >= 0.6 is 11.3 Å². The summed E-state index contributed by atoms with van der Waals surface area (Å²) in [5, 5.41) is 14.7. The average molecular weight is 256 g/mol. The molecule has 1 aromatic heterocycles. The van der Waals surface area contributed by atoms with Crippen molar-refractivity contribution in [1.82, 2.24) is 10.3 Å². The summed E-state index contributed by atoms with van der Waals surface area (Å²) in [6, 6.07) is 0. The largest absolute Gasteiger partial charge is 0.348 e. The molecule has 1 aromatic rings. The van der Waals surface area contributed by atoms with Gasteiger partial charge < -0.3 is 10.2 Å². The predicted octanol–water partition coefficient (Wildman–Crippen LogP) is 1.49. The van der Waals surface area contributed by atoms with Gasteiger partial charge in [0.2, 0.25) is 0 Å². The second-order valence-electron chi connectivity index (χ2n) is 4.25. The quantitative estimate of drug-likeness (QED) is 0.652. The van der Waals surface area contributed by atoms with Gasteiger partial charge >= 0.3 is 5.00 Å². The van der Waals surface area contributed by atoms with Crippen LogP contribution in [0.15, 0.2) is 6.20 Å². The Morgan fingerprint density at radius 1 is 1.76 bits per heavy atom. The van der Waals surface area contributed by atoms with Crippen molar-refractivity contribution in [2.45, 2.75) is 12.8 Å². The molecule has 1 fully saturated rings. The van der Waals surface area contributed by atoms with E-state index in [1.807, 2.05) is 7.05 Å². The Hall–Kier alpha value is -1.21. The van der Waals surface area contributed by atoms with Gasteiger partial charge in [0.05, 0.1) is 4.92 Å². The Balaban J connectivity index is 2.02. The first-order valence-corrected chi connectivity index (χ1v) is 6.52. The highest BCUT2D eigenvalue weighted by molar-refractivity contribution is 7.18. The van der Waals surface area contributed by atoms with Crippen molar-refractivity contribution in [3.8, 4) is 0 Å². The lowest BCUT2D eigenvalue weighted by molar-refractivity contribution is -0.380. The summed E-state index contributed by atoms with van der Waals surface area (Å²) >= 11 is 1.16. The second kappa shape index (κ2) is 5.42. The molecule has 0 bridgehead atoms. The zero-order valence-corrected chi connectivity index (χ0v) is 10.6. The third-order valence-electron chi connectivity index (χ3n) is 2.94. The number of hydrogen-bond donors (Lipinski definition) is 1. The summed E-state index contributed by atoms with van der Waals surface area (Å²) in [5.41, 5.74) is 0. The molecule has 6 nitrogen and oxygen atoms in total. The van der Waals surface area contributed by atoms with Gasteiger partial charge in [0.25, 0.3) is 0 Å². The molecule has 1 unspecified atom stereocenters. The molecule has 2 rings (SSSR count). The summed E-state index contributed by atoms with van der Waals surface area (Å²) in [6.07, 6.45) is 3.69. The fourth-order valence-corrected chi connectivity index (χ4v) is 2.95. The van der Waals surface area contributed by atoms with Crippen LogP contribution in [0.3, 0.4) is 0 Å². The van der Waals surface area contributed by atoms with E-state index in [9.17, 15) is 10.1 Å². The molecule has 0 amide bonds. The topological polar surface area (TPSA) is 71.3 Å². The molecule has 1 aliphatic heterocycles. The number of aromatic nitrogens is 1. The van der Waals surface area contributed by atoms with Crippen LogP contribution in [0.5, 0.6) is 0 Å².